The van der Waals surface area contributed by atoms with Crippen LogP contribution in [0.15, 0.2) is 29.3 Å². The van der Waals surface area contributed by atoms with Crippen molar-refractivity contribution in [1.82, 2.24) is 15.5 Å². The van der Waals surface area contributed by atoms with Crippen LogP contribution in [0.2, 0.25) is 0 Å². The Bertz CT molecular complexity index is 544. The molecule has 1 aliphatic heterocycles. The summed E-state index contributed by atoms with van der Waals surface area (Å²) in [5.74, 6) is 1.41. The number of rotatable bonds is 7. The second-order valence-electron chi connectivity index (χ2n) is 6.71. The third-order valence-electron chi connectivity index (χ3n) is 4.41. The highest BCUT2D eigenvalue weighted by molar-refractivity contribution is 5.79. The van der Waals surface area contributed by atoms with E-state index in [0.29, 0.717) is 12.5 Å². The van der Waals surface area contributed by atoms with Crippen LogP contribution in [0.5, 0.6) is 5.75 Å². The predicted octanol–water partition coefficient (Wildman–Crippen LogP) is 2.49. The zero-order valence-electron chi connectivity index (χ0n) is 15.6. The summed E-state index contributed by atoms with van der Waals surface area (Å²) in [6.07, 6.45) is 2.24. The quantitative estimate of drug-likeness (QED) is 0.586. The second kappa shape index (κ2) is 10.2. The molecule has 1 aromatic carbocycles. The van der Waals surface area contributed by atoms with Crippen molar-refractivity contribution in [1.29, 1.82) is 0 Å². The molecule has 1 fully saturated rings. The molecule has 0 aromatic heterocycles. The van der Waals surface area contributed by atoms with Gasteiger partial charge < -0.3 is 20.3 Å². The highest BCUT2D eigenvalue weighted by atomic mass is 19.1. The van der Waals surface area contributed by atoms with Gasteiger partial charge in [0.25, 0.3) is 0 Å². The Morgan fingerprint density at radius 1 is 1.32 bits per heavy atom. The van der Waals surface area contributed by atoms with Crippen LogP contribution in [-0.2, 0) is 0 Å². The number of piperidine rings is 1. The van der Waals surface area contributed by atoms with E-state index in [1.165, 1.54) is 18.9 Å². The van der Waals surface area contributed by atoms with Crippen LogP contribution >= 0.6 is 0 Å². The molecule has 1 aliphatic rings. The molecule has 0 saturated carbocycles. The summed E-state index contributed by atoms with van der Waals surface area (Å²) in [6.45, 7) is 8.48. The van der Waals surface area contributed by atoms with Crippen LogP contribution in [0.25, 0.3) is 0 Å². The molecule has 1 aromatic rings. The van der Waals surface area contributed by atoms with E-state index in [9.17, 15) is 4.39 Å². The van der Waals surface area contributed by atoms with Crippen LogP contribution in [0, 0.1) is 11.7 Å². The first kappa shape index (κ1) is 19.5. The Morgan fingerprint density at radius 2 is 2.04 bits per heavy atom. The van der Waals surface area contributed by atoms with E-state index in [2.05, 4.69) is 27.6 Å². The molecule has 5 nitrogen and oxygen atoms in total. The smallest absolute Gasteiger partial charge is 0.191 e. The van der Waals surface area contributed by atoms with Gasteiger partial charge in [-0.1, -0.05) is 12.1 Å². The molecule has 1 saturated heterocycles. The van der Waals surface area contributed by atoms with Crippen molar-refractivity contribution in [2.45, 2.75) is 32.8 Å². The minimum atomic E-state index is -0.342. The Morgan fingerprint density at radius 3 is 2.72 bits per heavy atom. The van der Waals surface area contributed by atoms with Crippen LogP contribution in [0.1, 0.15) is 26.7 Å². The highest BCUT2D eigenvalue weighted by Gasteiger charge is 2.16. The summed E-state index contributed by atoms with van der Waals surface area (Å²) in [4.78, 5) is 6.95. The van der Waals surface area contributed by atoms with E-state index in [4.69, 9.17) is 4.74 Å². The number of halogens is 1. The summed E-state index contributed by atoms with van der Waals surface area (Å²) in [5.41, 5.74) is 0. The van der Waals surface area contributed by atoms with Crippen molar-refractivity contribution >= 4 is 5.96 Å². The number of hydrogen-bond acceptors (Lipinski definition) is 3. The average Bonchev–Trinajstić information content (AvgIpc) is 2.61. The van der Waals surface area contributed by atoms with Gasteiger partial charge in [0.15, 0.2) is 17.5 Å². The number of likely N-dealkylation sites (tertiary alicyclic amines) is 1. The van der Waals surface area contributed by atoms with Crippen LogP contribution in [-0.4, -0.2) is 56.7 Å². The first-order valence-electron chi connectivity index (χ1n) is 9.20. The lowest BCUT2D eigenvalue weighted by molar-refractivity contribution is 0.218. The molecule has 6 heteroatoms. The number of nitrogens with zero attached hydrogens (tertiary/aromatic N) is 2. The molecule has 2 rings (SSSR count). The predicted molar refractivity (Wildman–Crippen MR) is 101 cm³/mol. The minimum Gasteiger partial charge on any atom is -0.486 e. The third-order valence-corrected chi connectivity index (χ3v) is 4.41. The first-order chi connectivity index (χ1) is 12.1. The maximum atomic E-state index is 13.6. The number of para-hydroxylation sites is 1. The average molecular weight is 350 g/mol. The number of aliphatic imine (C=N–C) groups is 1. The fourth-order valence-electron chi connectivity index (χ4n) is 2.86. The largest absolute Gasteiger partial charge is 0.486 e. The van der Waals surface area contributed by atoms with Gasteiger partial charge in [-0.25, -0.2) is 9.38 Å². The van der Waals surface area contributed by atoms with Crippen molar-refractivity contribution in [2.24, 2.45) is 10.9 Å². The van der Waals surface area contributed by atoms with Crippen molar-refractivity contribution in [3.05, 3.63) is 30.1 Å². The molecule has 1 unspecified atom stereocenters. The minimum absolute atomic E-state index is 0.198. The van der Waals surface area contributed by atoms with Gasteiger partial charge in [0.1, 0.15) is 6.10 Å². The van der Waals surface area contributed by atoms with Gasteiger partial charge in [0.2, 0.25) is 0 Å². The number of guanidine groups is 1. The normalized spacial score (nSPS) is 18.0. The second-order valence-corrected chi connectivity index (χ2v) is 6.71. The van der Waals surface area contributed by atoms with Gasteiger partial charge in [-0.15, -0.1) is 0 Å². The molecule has 0 amide bonds. The highest BCUT2D eigenvalue weighted by Crippen LogP contribution is 2.17. The lowest BCUT2D eigenvalue weighted by Gasteiger charge is -2.29. The Hall–Kier alpha value is -1.82. The molecular formula is C19H31FN4O. The molecular weight excluding hydrogens is 319 g/mol. The molecule has 1 heterocycles. The molecule has 0 spiro atoms. The molecule has 0 aliphatic carbocycles. The lowest BCUT2D eigenvalue weighted by Crippen LogP contribution is -2.42. The molecule has 2 N–H and O–H groups in total. The summed E-state index contributed by atoms with van der Waals surface area (Å²) < 4.78 is 19.3. The maximum absolute atomic E-state index is 13.6. The molecule has 0 bridgehead atoms. The molecule has 140 valence electrons. The number of ether oxygens (including phenoxy) is 1. The van der Waals surface area contributed by atoms with E-state index in [-0.39, 0.29) is 17.7 Å². The fourth-order valence-corrected chi connectivity index (χ4v) is 2.86. The number of nitrogens with one attached hydrogen (secondary N) is 2. The van der Waals surface area contributed by atoms with Gasteiger partial charge in [-0.3, -0.25) is 0 Å². The summed E-state index contributed by atoms with van der Waals surface area (Å²) in [6, 6.07) is 6.46. The molecule has 25 heavy (non-hydrogen) atoms. The number of hydrogen-bond donors (Lipinski definition) is 2. The zero-order chi connectivity index (χ0) is 18.1. The van der Waals surface area contributed by atoms with Crippen LogP contribution in [0.3, 0.4) is 0 Å². The topological polar surface area (TPSA) is 48.9 Å². The van der Waals surface area contributed by atoms with Gasteiger partial charge >= 0.3 is 0 Å². The van der Waals surface area contributed by atoms with Crippen LogP contribution < -0.4 is 15.4 Å². The van der Waals surface area contributed by atoms with E-state index < -0.39 is 0 Å². The number of benzene rings is 1. The van der Waals surface area contributed by atoms with E-state index in [1.54, 1.807) is 18.2 Å². The van der Waals surface area contributed by atoms with Crippen molar-refractivity contribution < 1.29 is 9.13 Å². The first-order valence-corrected chi connectivity index (χ1v) is 9.20. The summed E-state index contributed by atoms with van der Waals surface area (Å²) in [7, 11) is 2.17. The van der Waals surface area contributed by atoms with Gasteiger partial charge in [0.05, 0.1) is 6.54 Å². The fraction of sp³-hybridized carbons (Fsp3) is 0.632. The Balaban J connectivity index is 1.80. The van der Waals surface area contributed by atoms with Gasteiger partial charge in [0, 0.05) is 13.1 Å². The van der Waals surface area contributed by atoms with E-state index in [0.717, 1.165) is 32.1 Å². The zero-order valence-corrected chi connectivity index (χ0v) is 15.6. The Kier molecular flexibility index (Phi) is 7.98. The van der Waals surface area contributed by atoms with Crippen molar-refractivity contribution in [3.8, 4) is 5.75 Å². The van der Waals surface area contributed by atoms with Crippen molar-refractivity contribution in [3.63, 3.8) is 0 Å². The Labute approximate surface area is 150 Å². The standard InChI is InChI=1S/C19H31FN4O/c1-4-21-19(23-14-16-9-11-24(3)12-10-16)22-13-15(2)25-18-8-6-5-7-17(18)20/h5-8,15-16H,4,9-14H2,1-3H3,(H2,21,22,23). The third kappa shape index (κ3) is 6.90. The maximum Gasteiger partial charge on any atom is 0.191 e. The molecule has 0 radical (unpaired) electrons. The van der Waals surface area contributed by atoms with E-state index >= 15 is 0 Å². The summed E-state index contributed by atoms with van der Waals surface area (Å²) >= 11 is 0. The van der Waals surface area contributed by atoms with Crippen LogP contribution in [0.4, 0.5) is 4.39 Å². The lowest BCUT2D eigenvalue weighted by atomic mass is 9.97. The SMILES string of the molecule is CCNC(=NCC(C)Oc1ccccc1F)NCC1CCN(C)CC1. The summed E-state index contributed by atoms with van der Waals surface area (Å²) in [5, 5.41) is 6.69. The van der Waals surface area contributed by atoms with Gasteiger partial charge in [-0.2, -0.15) is 0 Å². The molecule has 1 atom stereocenters. The van der Waals surface area contributed by atoms with Crippen molar-refractivity contribution in [2.75, 3.05) is 39.8 Å². The van der Waals surface area contributed by atoms with E-state index in [1.807, 2.05) is 13.8 Å². The van der Waals surface area contributed by atoms with Gasteiger partial charge in [-0.05, 0) is 64.9 Å². The monoisotopic (exact) mass is 350 g/mol.